The van der Waals surface area contributed by atoms with Gasteiger partial charge in [-0.25, -0.2) is 4.98 Å². The molecule has 0 aromatic carbocycles. The summed E-state index contributed by atoms with van der Waals surface area (Å²) in [5.74, 6) is 0.912. The molecule has 0 saturated heterocycles. The van der Waals surface area contributed by atoms with Crippen LogP contribution < -0.4 is 5.73 Å². The van der Waals surface area contributed by atoms with E-state index in [2.05, 4.69) is 29.0 Å². The minimum Gasteiger partial charge on any atom is -0.329 e. The molecule has 4 nitrogen and oxygen atoms in total. The Hall–Kier alpha value is -0.900. The van der Waals surface area contributed by atoms with E-state index in [1.807, 2.05) is 0 Å². The second-order valence-corrected chi connectivity index (χ2v) is 3.03. The Bertz CT molecular complexity index is 205. The number of hydrogen-bond acceptors (Lipinski definition) is 3. The zero-order valence-electron chi connectivity index (χ0n) is 7.67. The van der Waals surface area contributed by atoms with Gasteiger partial charge in [-0.1, -0.05) is 13.8 Å². The van der Waals surface area contributed by atoms with Crippen LogP contribution in [0.4, 0.5) is 0 Å². The van der Waals surface area contributed by atoms with Gasteiger partial charge < -0.3 is 5.73 Å². The molecule has 1 aromatic rings. The molecule has 0 bridgehead atoms. The fourth-order valence-corrected chi connectivity index (χ4v) is 1.43. The lowest BCUT2D eigenvalue weighted by atomic mass is 9.82. The predicted molar refractivity (Wildman–Crippen MR) is 47.7 cm³/mol. The number of aromatic amines is 1. The molecule has 0 fully saturated rings. The molecule has 0 aliphatic rings. The Morgan fingerprint density at radius 2 is 2.17 bits per heavy atom. The highest BCUT2D eigenvalue weighted by atomic mass is 15.2. The Labute approximate surface area is 72.6 Å². The normalized spacial score (nSPS) is 11.9. The van der Waals surface area contributed by atoms with Crippen LogP contribution in [0.15, 0.2) is 6.33 Å². The third kappa shape index (κ3) is 1.34. The number of H-pyrrole nitrogens is 1. The van der Waals surface area contributed by atoms with Crippen LogP contribution in [0.25, 0.3) is 0 Å². The Balaban J connectivity index is 2.93. The maximum atomic E-state index is 5.73. The molecule has 0 saturated carbocycles. The first-order valence-corrected chi connectivity index (χ1v) is 4.35. The van der Waals surface area contributed by atoms with Crippen molar-refractivity contribution in [3.63, 3.8) is 0 Å². The molecule has 0 aliphatic carbocycles. The van der Waals surface area contributed by atoms with Gasteiger partial charge in [0.15, 0.2) is 0 Å². The van der Waals surface area contributed by atoms with E-state index in [0.717, 1.165) is 18.7 Å². The van der Waals surface area contributed by atoms with E-state index >= 15 is 0 Å². The fraction of sp³-hybridized carbons (Fsp3) is 0.750. The second-order valence-electron chi connectivity index (χ2n) is 3.03. The number of nitrogens with one attached hydrogen (secondary N) is 1. The molecule has 0 amide bonds. The van der Waals surface area contributed by atoms with Crippen molar-refractivity contribution in [2.75, 3.05) is 6.54 Å². The van der Waals surface area contributed by atoms with E-state index in [4.69, 9.17) is 5.73 Å². The molecule has 0 radical (unpaired) electrons. The van der Waals surface area contributed by atoms with Crippen molar-refractivity contribution in [3.05, 3.63) is 12.2 Å². The molecular formula is C8H16N4. The van der Waals surface area contributed by atoms with E-state index in [1.54, 1.807) is 0 Å². The predicted octanol–water partition coefficient (Wildman–Crippen LogP) is 0.821. The van der Waals surface area contributed by atoms with Crippen molar-refractivity contribution in [3.8, 4) is 0 Å². The summed E-state index contributed by atoms with van der Waals surface area (Å²) in [4.78, 5) is 4.15. The van der Waals surface area contributed by atoms with Gasteiger partial charge in [0.25, 0.3) is 0 Å². The van der Waals surface area contributed by atoms with Gasteiger partial charge in [-0.2, -0.15) is 5.10 Å². The van der Waals surface area contributed by atoms with Crippen LogP contribution in [0.2, 0.25) is 0 Å². The van der Waals surface area contributed by atoms with Crippen molar-refractivity contribution in [2.45, 2.75) is 32.1 Å². The van der Waals surface area contributed by atoms with Crippen molar-refractivity contribution in [2.24, 2.45) is 5.73 Å². The van der Waals surface area contributed by atoms with Crippen LogP contribution >= 0.6 is 0 Å². The number of rotatable bonds is 4. The number of hydrogen-bond donors (Lipinski definition) is 2. The molecule has 1 heterocycles. The summed E-state index contributed by atoms with van der Waals surface area (Å²) in [6, 6.07) is 0. The highest BCUT2D eigenvalue weighted by molar-refractivity contribution is 5.05. The molecule has 0 spiro atoms. The molecule has 1 aromatic heterocycles. The van der Waals surface area contributed by atoms with Crippen molar-refractivity contribution < 1.29 is 0 Å². The van der Waals surface area contributed by atoms with Crippen LogP contribution in [-0.2, 0) is 5.41 Å². The number of aromatic nitrogens is 3. The number of nitrogens with two attached hydrogens (primary N) is 1. The third-order valence-electron chi connectivity index (χ3n) is 2.66. The van der Waals surface area contributed by atoms with E-state index in [9.17, 15) is 0 Å². The lowest BCUT2D eigenvalue weighted by Gasteiger charge is -2.26. The highest BCUT2D eigenvalue weighted by Gasteiger charge is 2.29. The quantitative estimate of drug-likeness (QED) is 0.699. The summed E-state index contributed by atoms with van der Waals surface area (Å²) < 4.78 is 0. The fourth-order valence-electron chi connectivity index (χ4n) is 1.43. The van der Waals surface area contributed by atoms with Crippen LogP contribution in [0.1, 0.15) is 32.5 Å². The molecule has 12 heavy (non-hydrogen) atoms. The molecule has 0 atom stereocenters. The highest BCUT2D eigenvalue weighted by Crippen LogP contribution is 2.26. The van der Waals surface area contributed by atoms with Gasteiger partial charge in [-0.3, -0.25) is 5.10 Å². The summed E-state index contributed by atoms with van der Waals surface area (Å²) in [6.07, 6.45) is 3.52. The SMILES string of the molecule is CCC(CC)(CN)c1ncn[nH]1. The summed E-state index contributed by atoms with van der Waals surface area (Å²) in [5.41, 5.74) is 5.73. The van der Waals surface area contributed by atoms with Gasteiger partial charge in [0, 0.05) is 12.0 Å². The van der Waals surface area contributed by atoms with Crippen molar-refractivity contribution in [1.82, 2.24) is 15.2 Å². The van der Waals surface area contributed by atoms with Crippen LogP contribution in [0, 0.1) is 0 Å². The standard InChI is InChI=1S/C8H16N4/c1-3-8(4-2,5-9)7-10-6-11-12-7/h6H,3-5,9H2,1-2H3,(H,10,11,12). The van der Waals surface area contributed by atoms with E-state index < -0.39 is 0 Å². The van der Waals surface area contributed by atoms with Crippen LogP contribution in [0.3, 0.4) is 0 Å². The third-order valence-corrected chi connectivity index (χ3v) is 2.66. The zero-order chi connectivity index (χ0) is 9.03. The van der Waals surface area contributed by atoms with Gasteiger partial charge in [0.2, 0.25) is 0 Å². The van der Waals surface area contributed by atoms with Crippen molar-refractivity contribution >= 4 is 0 Å². The monoisotopic (exact) mass is 168 g/mol. The summed E-state index contributed by atoms with van der Waals surface area (Å²) >= 11 is 0. The maximum Gasteiger partial charge on any atom is 0.137 e. The molecule has 0 unspecified atom stereocenters. The lowest BCUT2D eigenvalue weighted by molar-refractivity contribution is 0.384. The summed E-state index contributed by atoms with van der Waals surface area (Å²) in [7, 11) is 0. The minimum atomic E-state index is -0.00347. The van der Waals surface area contributed by atoms with E-state index in [1.165, 1.54) is 6.33 Å². The average molecular weight is 168 g/mol. The van der Waals surface area contributed by atoms with Gasteiger partial charge in [-0.15, -0.1) is 0 Å². The summed E-state index contributed by atoms with van der Waals surface area (Å²) in [6.45, 7) is 4.87. The van der Waals surface area contributed by atoms with Gasteiger partial charge in [0.1, 0.15) is 12.2 Å². The van der Waals surface area contributed by atoms with Gasteiger partial charge in [-0.05, 0) is 12.8 Å². The first-order valence-electron chi connectivity index (χ1n) is 4.35. The molecule has 4 heteroatoms. The zero-order valence-corrected chi connectivity index (χ0v) is 7.67. The van der Waals surface area contributed by atoms with Crippen LogP contribution in [0.5, 0.6) is 0 Å². The lowest BCUT2D eigenvalue weighted by Crippen LogP contribution is -2.35. The smallest absolute Gasteiger partial charge is 0.137 e. The number of nitrogens with zero attached hydrogens (tertiary/aromatic N) is 2. The van der Waals surface area contributed by atoms with E-state index in [0.29, 0.717) is 6.54 Å². The average Bonchev–Trinajstić information content (AvgIpc) is 2.62. The first-order chi connectivity index (χ1) is 5.79. The van der Waals surface area contributed by atoms with Crippen molar-refractivity contribution in [1.29, 1.82) is 0 Å². The molecular weight excluding hydrogens is 152 g/mol. The van der Waals surface area contributed by atoms with Gasteiger partial charge in [0.05, 0.1) is 0 Å². The Kier molecular flexibility index (Phi) is 2.81. The topological polar surface area (TPSA) is 67.6 Å². The summed E-state index contributed by atoms with van der Waals surface area (Å²) in [5, 5.41) is 6.73. The molecule has 1 rings (SSSR count). The minimum absolute atomic E-state index is 0.00347. The van der Waals surface area contributed by atoms with E-state index in [-0.39, 0.29) is 5.41 Å². The Morgan fingerprint density at radius 1 is 1.50 bits per heavy atom. The molecule has 0 aliphatic heterocycles. The van der Waals surface area contributed by atoms with Crippen LogP contribution in [-0.4, -0.2) is 21.7 Å². The second kappa shape index (κ2) is 3.67. The molecule has 3 N–H and O–H groups in total. The molecule has 68 valence electrons. The largest absolute Gasteiger partial charge is 0.329 e. The Morgan fingerprint density at radius 3 is 2.50 bits per heavy atom. The first kappa shape index (κ1) is 9.19. The van der Waals surface area contributed by atoms with Gasteiger partial charge >= 0.3 is 0 Å². The maximum absolute atomic E-state index is 5.73.